The van der Waals surface area contributed by atoms with Crippen molar-refractivity contribution in [3.63, 3.8) is 0 Å². The number of aromatic nitrogens is 2. The minimum absolute atomic E-state index is 0.127. The zero-order chi connectivity index (χ0) is 21.4. The van der Waals surface area contributed by atoms with Crippen LogP contribution in [0.5, 0.6) is 0 Å². The van der Waals surface area contributed by atoms with Gasteiger partial charge in [0.15, 0.2) is 10.9 Å². The number of pyridine rings is 2. The standard InChI is InChI=1S/C22H16N2O5S/c1-10-17(30(27,28)29)8-7-15-18(10)22(26)13-9-16-19(11(2)20(13)24-15)21(25)12-5-3-4-6-14(12)23-16/h3-9H,1-2H3,(H,23,25)(H,24,26)(H,27,28,29). The van der Waals surface area contributed by atoms with Crippen LogP contribution in [0.25, 0.3) is 43.6 Å². The maximum Gasteiger partial charge on any atom is 0.294 e. The summed E-state index contributed by atoms with van der Waals surface area (Å²) >= 11 is 0. The third-order valence-electron chi connectivity index (χ3n) is 5.67. The molecule has 30 heavy (non-hydrogen) atoms. The maximum absolute atomic E-state index is 13.3. The number of benzene rings is 3. The molecule has 5 aromatic rings. The molecular formula is C22H16N2O5S. The first kappa shape index (κ1) is 18.5. The van der Waals surface area contributed by atoms with E-state index in [4.69, 9.17) is 0 Å². The van der Waals surface area contributed by atoms with Crippen LogP contribution in [0.3, 0.4) is 0 Å². The van der Waals surface area contributed by atoms with Gasteiger partial charge in [-0.2, -0.15) is 8.42 Å². The summed E-state index contributed by atoms with van der Waals surface area (Å²) in [5.41, 5.74) is 2.43. The van der Waals surface area contributed by atoms with Crippen LogP contribution in [0.4, 0.5) is 0 Å². The lowest BCUT2D eigenvalue weighted by molar-refractivity contribution is 0.482. The predicted octanol–water partition coefficient (Wildman–Crippen LogP) is 3.54. The Labute approximate surface area is 169 Å². The van der Waals surface area contributed by atoms with E-state index in [0.717, 1.165) is 0 Å². The van der Waals surface area contributed by atoms with Crippen LogP contribution >= 0.6 is 0 Å². The molecule has 150 valence electrons. The van der Waals surface area contributed by atoms with Gasteiger partial charge in [-0.25, -0.2) is 0 Å². The van der Waals surface area contributed by atoms with Gasteiger partial charge < -0.3 is 9.97 Å². The van der Waals surface area contributed by atoms with Crippen molar-refractivity contribution in [2.24, 2.45) is 0 Å². The number of fused-ring (bicyclic) bond motifs is 4. The average Bonchev–Trinajstić information content (AvgIpc) is 2.68. The highest BCUT2D eigenvalue weighted by Gasteiger charge is 2.20. The lowest BCUT2D eigenvalue weighted by Gasteiger charge is -2.12. The van der Waals surface area contributed by atoms with E-state index in [1.165, 1.54) is 19.1 Å². The van der Waals surface area contributed by atoms with Crippen LogP contribution in [0.2, 0.25) is 0 Å². The molecule has 0 aliphatic heterocycles. The van der Waals surface area contributed by atoms with Gasteiger partial charge in [0.05, 0.1) is 32.2 Å². The summed E-state index contributed by atoms with van der Waals surface area (Å²) in [4.78, 5) is 32.5. The summed E-state index contributed by atoms with van der Waals surface area (Å²) in [5, 5.41) is 1.56. The van der Waals surface area contributed by atoms with Crippen molar-refractivity contribution >= 4 is 53.7 Å². The summed E-state index contributed by atoms with van der Waals surface area (Å²) < 4.78 is 32.8. The SMILES string of the molecule is Cc1c2[nH]c3ccc(S(=O)(=O)O)c(C)c3c(=O)c2cc2[nH]c3ccccc3c(=O)c12. The van der Waals surface area contributed by atoms with E-state index in [1.807, 2.05) is 6.07 Å². The number of hydrogen-bond acceptors (Lipinski definition) is 4. The summed E-state index contributed by atoms with van der Waals surface area (Å²) in [6, 6.07) is 11.5. The molecule has 0 bridgehead atoms. The highest BCUT2D eigenvalue weighted by atomic mass is 32.2. The molecule has 0 saturated carbocycles. The second kappa shape index (κ2) is 6.01. The monoisotopic (exact) mass is 420 g/mol. The van der Waals surface area contributed by atoms with Crippen LogP contribution in [0.15, 0.2) is 56.9 Å². The molecule has 7 nitrogen and oxygen atoms in total. The molecule has 0 saturated heterocycles. The van der Waals surface area contributed by atoms with Crippen molar-refractivity contribution in [1.82, 2.24) is 9.97 Å². The molecule has 0 aliphatic carbocycles. The quantitative estimate of drug-likeness (QED) is 0.283. The fourth-order valence-corrected chi connectivity index (χ4v) is 4.99. The third-order valence-corrected chi connectivity index (χ3v) is 6.67. The molecule has 2 heterocycles. The normalized spacial score (nSPS) is 12.4. The highest BCUT2D eigenvalue weighted by molar-refractivity contribution is 7.85. The van der Waals surface area contributed by atoms with Gasteiger partial charge in [-0.05, 0) is 55.3 Å². The molecule has 5 rings (SSSR count). The molecule has 0 fully saturated rings. The summed E-state index contributed by atoms with van der Waals surface area (Å²) in [6.07, 6.45) is 0. The molecule has 0 spiro atoms. The molecule has 8 heteroatoms. The Kier molecular flexibility index (Phi) is 3.71. The smallest absolute Gasteiger partial charge is 0.294 e. The number of rotatable bonds is 1. The van der Waals surface area contributed by atoms with E-state index in [0.29, 0.717) is 43.8 Å². The predicted molar refractivity (Wildman–Crippen MR) is 117 cm³/mol. The van der Waals surface area contributed by atoms with E-state index in [-0.39, 0.29) is 26.7 Å². The van der Waals surface area contributed by atoms with E-state index in [9.17, 15) is 22.6 Å². The van der Waals surface area contributed by atoms with Crippen LogP contribution in [-0.4, -0.2) is 22.9 Å². The molecule has 0 amide bonds. The first-order valence-electron chi connectivity index (χ1n) is 9.19. The summed E-state index contributed by atoms with van der Waals surface area (Å²) in [5.74, 6) is 0. The largest absolute Gasteiger partial charge is 0.354 e. The lowest BCUT2D eigenvalue weighted by Crippen LogP contribution is -2.12. The van der Waals surface area contributed by atoms with Crippen molar-refractivity contribution in [2.75, 3.05) is 0 Å². The van der Waals surface area contributed by atoms with Gasteiger partial charge in [-0.15, -0.1) is 0 Å². The molecule has 3 N–H and O–H groups in total. The van der Waals surface area contributed by atoms with Crippen molar-refractivity contribution < 1.29 is 13.0 Å². The Morgan fingerprint density at radius 1 is 0.767 bits per heavy atom. The zero-order valence-electron chi connectivity index (χ0n) is 16.0. The Hall–Kier alpha value is -3.49. The van der Waals surface area contributed by atoms with Gasteiger partial charge in [0.25, 0.3) is 10.1 Å². The minimum atomic E-state index is -4.47. The Balaban J connectivity index is 2.03. The van der Waals surface area contributed by atoms with Crippen LogP contribution < -0.4 is 10.9 Å². The van der Waals surface area contributed by atoms with E-state index in [2.05, 4.69) is 9.97 Å². The van der Waals surface area contributed by atoms with E-state index < -0.39 is 10.1 Å². The van der Waals surface area contributed by atoms with Crippen LogP contribution in [0.1, 0.15) is 11.1 Å². The number of H-pyrrole nitrogens is 2. The van der Waals surface area contributed by atoms with Gasteiger partial charge in [0.2, 0.25) is 0 Å². The number of aryl methyl sites for hydroxylation is 2. The van der Waals surface area contributed by atoms with Crippen molar-refractivity contribution in [3.05, 3.63) is 74.0 Å². The molecule has 0 atom stereocenters. The van der Waals surface area contributed by atoms with Crippen LogP contribution in [-0.2, 0) is 10.1 Å². The first-order chi connectivity index (χ1) is 14.2. The Bertz CT molecular complexity index is 1780. The lowest BCUT2D eigenvalue weighted by atomic mass is 9.99. The fraction of sp³-hybridized carbons (Fsp3) is 0.0909. The van der Waals surface area contributed by atoms with Crippen molar-refractivity contribution in [1.29, 1.82) is 0 Å². The summed E-state index contributed by atoms with van der Waals surface area (Å²) in [6.45, 7) is 3.26. The number of aromatic amines is 2. The molecule has 3 aromatic carbocycles. The number of para-hydroxylation sites is 1. The van der Waals surface area contributed by atoms with E-state index >= 15 is 0 Å². The summed E-state index contributed by atoms with van der Waals surface area (Å²) in [7, 11) is -4.47. The molecule has 0 unspecified atom stereocenters. The second-order valence-corrected chi connectivity index (χ2v) is 8.78. The van der Waals surface area contributed by atoms with Crippen LogP contribution in [0, 0.1) is 13.8 Å². The molecule has 0 radical (unpaired) electrons. The number of hydrogen-bond donors (Lipinski definition) is 3. The molecule has 0 aliphatic rings. The average molecular weight is 420 g/mol. The van der Waals surface area contributed by atoms with Crippen molar-refractivity contribution in [3.8, 4) is 0 Å². The van der Waals surface area contributed by atoms with Gasteiger partial charge >= 0.3 is 0 Å². The van der Waals surface area contributed by atoms with Crippen molar-refractivity contribution in [2.45, 2.75) is 18.7 Å². The molecular weight excluding hydrogens is 404 g/mol. The van der Waals surface area contributed by atoms with Gasteiger partial charge in [-0.3, -0.25) is 14.1 Å². The van der Waals surface area contributed by atoms with Gasteiger partial charge in [-0.1, -0.05) is 12.1 Å². The molecule has 2 aromatic heterocycles. The maximum atomic E-state index is 13.3. The Morgan fingerprint density at radius 2 is 1.43 bits per heavy atom. The second-order valence-electron chi connectivity index (χ2n) is 7.39. The van der Waals surface area contributed by atoms with Gasteiger partial charge in [0, 0.05) is 16.3 Å². The zero-order valence-corrected chi connectivity index (χ0v) is 16.8. The van der Waals surface area contributed by atoms with Gasteiger partial charge in [0.1, 0.15) is 0 Å². The minimum Gasteiger partial charge on any atom is -0.354 e. The highest BCUT2D eigenvalue weighted by Crippen LogP contribution is 2.28. The first-order valence-corrected chi connectivity index (χ1v) is 10.6. The number of nitrogens with one attached hydrogen (secondary N) is 2. The van der Waals surface area contributed by atoms with E-state index in [1.54, 1.807) is 31.2 Å². The topological polar surface area (TPSA) is 120 Å². The third kappa shape index (κ3) is 2.44. The fourth-order valence-electron chi connectivity index (χ4n) is 4.26. The Morgan fingerprint density at radius 3 is 2.17 bits per heavy atom.